The van der Waals surface area contributed by atoms with Crippen molar-refractivity contribution in [3.05, 3.63) is 57.3 Å². The van der Waals surface area contributed by atoms with Crippen LogP contribution in [0.1, 0.15) is 22.0 Å². The lowest BCUT2D eigenvalue weighted by atomic mass is 10.0. The summed E-state index contributed by atoms with van der Waals surface area (Å²) in [5.41, 5.74) is 1.19. The van der Waals surface area contributed by atoms with E-state index < -0.39 is 5.82 Å². The molecule has 2 atom stereocenters. The zero-order valence-electron chi connectivity index (χ0n) is 17.2. The standard InChI is InChI=1S/C22H23Cl2FN2O4/c1-29-15-8-16(21(24)19(9-15)30-2)22(28)27-6-5-26-11-20(31-12-14(26)10-27)13-3-4-18(25)17(23)7-13/h3-4,7-9,14,20H,5-6,10-12H2,1-2H3/t14-,20+/m0/s1. The number of hydrogen-bond donors (Lipinski definition) is 0. The maximum absolute atomic E-state index is 13.5. The van der Waals surface area contributed by atoms with Crippen molar-refractivity contribution >= 4 is 29.1 Å². The number of morpholine rings is 1. The monoisotopic (exact) mass is 468 g/mol. The molecular formula is C22H23Cl2FN2O4. The van der Waals surface area contributed by atoms with Crippen LogP contribution in [0.25, 0.3) is 0 Å². The van der Waals surface area contributed by atoms with Crippen molar-refractivity contribution in [2.75, 3.05) is 47.0 Å². The molecule has 31 heavy (non-hydrogen) atoms. The lowest BCUT2D eigenvalue weighted by Gasteiger charge is -2.46. The number of methoxy groups -OCH3 is 2. The fourth-order valence-corrected chi connectivity index (χ4v) is 4.50. The molecule has 2 fully saturated rings. The van der Waals surface area contributed by atoms with Gasteiger partial charge in [-0.2, -0.15) is 0 Å². The molecule has 0 N–H and O–H groups in total. The summed E-state index contributed by atoms with van der Waals surface area (Å²) in [7, 11) is 3.03. The topological polar surface area (TPSA) is 51.2 Å². The second kappa shape index (κ2) is 9.20. The van der Waals surface area contributed by atoms with Gasteiger partial charge in [0.25, 0.3) is 5.91 Å². The first-order valence-electron chi connectivity index (χ1n) is 9.92. The SMILES string of the molecule is COc1cc(OC)c(Cl)c(C(=O)N2CCN3C[C@H](c4ccc(F)c(Cl)c4)OC[C@@H]3C2)c1. The second-order valence-corrected chi connectivity index (χ2v) is 8.37. The lowest BCUT2D eigenvalue weighted by molar-refractivity contribution is -0.0858. The van der Waals surface area contributed by atoms with Gasteiger partial charge in [0.15, 0.2) is 0 Å². The minimum atomic E-state index is -0.445. The number of amides is 1. The number of halogens is 3. The Hall–Kier alpha value is -2.06. The van der Waals surface area contributed by atoms with Gasteiger partial charge in [-0.1, -0.05) is 29.3 Å². The van der Waals surface area contributed by atoms with Gasteiger partial charge in [0, 0.05) is 32.2 Å². The molecule has 2 aromatic rings. The highest BCUT2D eigenvalue weighted by atomic mass is 35.5. The molecule has 2 aliphatic heterocycles. The number of ether oxygens (including phenoxy) is 3. The van der Waals surface area contributed by atoms with E-state index in [0.717, 1.165) is 5.56 Å². The maximum Gasteiger partial charge on any atom is 0.255 e. The Kier molecular flexibility index (Phi) is 6.57. The van der Waals surface area contributed by atoms with E-state index in [-0.39, 0.29) is 28.1 Å². The van der Waals surface area contributed by atoms with E-state index in [4.69, 9.17) is 37.4 Å². The molecule has 2 aromatic carbocycles. The Bertz CT molecular complexity index is 990. The zero-order chi connectivity index (χ0) is 22.1. The van der Waals surface area contributed by atoms with Crippen LogP contribution in [0.4, 0.5) is 4.39 Å². The molecule has 0 unspecified atom stereocenters. The molecule has 6 nitrogen and oxygen atoms in total. The summed E-state index contributed by atoms with van der Waals surface area (Å²) in [6, 6.07) is 8.01. The van der Waals surface area contributed by atoms with Crippen LogP contribution in [-0.4, -0.2) is 68.8 Å². The van der Waals surface area contributed by atoms with Crippen LogP contribution >= 0.6 is 23.2 Å². The van der Waals surface area contributed by atoms with Crippen LogP contribution in [-0.2, 0) is 4.74 Å². The van der Waals surface area contributed by atoms with Gasteiger partial charge in [-0.05, 0) is 23.8 Å². The van der Waals surface area contributed by atoms with Crippen molar-refractivity contribution < 1.29 is 23.4 Å². The van der Waals surface area contributed by atoms with Gasteiger partial charge in [-0.15, -0.1) is 0 Å². The zero-order valence-corrected chi connectivity index (χ0v) is 18.8. The van der Waals surface area contributed by atoms with Crippen LogP contribution < -0.4 is 9.47 Å². The average molecular weight is 469 g/mol. The summed E-state index contributed by atoms with van der Waals surface area (Å²) in [6.45, 7) is 2.89. The Morgan fingerprint density at radius 3 is 2.65 bits per heavy atom. The highest BCUT2D eigenvalue weighted by Gasteiger charge is 2.36. The Balaban J connectivity index is 1.46. The minimum absolute atomic E-state index is 0.0659. The summed E-state index contributed by atoms with van der Waals surface area (Å²) in [4.78, 5) is 17.3. The predicted octanol–water partition coefficient (Wildman–Crippen LogP) is 4.05. The fraction of sp³-hybridized carbons (Fsp3) is 0.409. The molecule has 2 aliphatic rings. The first-order valence-corrected chi connectivity index (χ1v) is 10.7. The number of nitrogens with zero attached hydrogens (tertiary/aromatic N) is 2. The number of carbonyl (C=O) groups is 1. The van der Waals surface area contributed by atoms with Crippen molar-refractivity contribution in [3.63, 3.8) is 0 Å². The molecule has 2 heterocycles. The van der Waals surface area contributed by atoms with Crippen molar-refractivity contribution in [2.45, 2.75) is 12.1 Å². The molecule has 0 saturated carbocycles. The van der Waals surface area contributed by atoms with E-state index in [0.29, 0.717) is 49.8 Å². The summed E-state index contributed by atoms with van der Waals surface area (Å²) in [5, 5.41) is 0.355. The van der Waals surface area contributed by atoms with Crippen LogP contribution in [0.2, 0.25) is 10.0 Å². The molecule has 4 rings (SSSR count). The van der Waals surface area contributed by atoms with Gasteiger partial charge < -0.3 is 19.1 Å². The number of carbonyl (C=O) groups excluding carboxylic acids is 1. The fourth-order valence-electron chi connectivity index (χ4n) is 4.05. The number of fused-ring (bicyclic) bond motifs is 1. The third-order valence-electron chi connectivity index (χ3n) is 5.80. The van der Waals surface area contributed by atoms with Crippen molar-refractivity contribution in [1.82, 2.24) is 9.80 Å². The predicted molar refractivity (Wildman–Crippen MR) is 116 cm³/mol. The largest absolute Gasteiger partial charge is 0.497 e. The van der Waals surface area contributed by atoms with Gasteiger partial charge in [-0.25, -0.2) is 4.39 Å². The average Bonchev–Trinajstić information content (AvgIpc) is 2.80. The molecule has 0 bridgehead atoms. The second-order valence-electron chi connectivity index (χ2n) is 7.59. The summed E-state index contributed by atoms with van der Waals surface area (Å²) in [5.74, 6) is 0.281. The Labute approximate surface area is 190 Å². The third-order valence-corrected chi connectivity index (χ3v) is 6.48. The van der Waals surface area contributed by atoms with Crippen LogP contribution in [0.15, 0.2) is 30.3 Å². The number of piperazine rings is 1. The summed E-state index contributed by atoms with van der Waals surface area (Å²) >= 11 is 12.3. The van der Waals surface area contributed by atoms with Gasteiger partial charge in [0.05, 0.1) is 48.6 Å². The van der Waals surface area contributed by atoms with Crippen LogP contribution in [0, 0.1) is 5.82 Å². The normalized spacial score (nSPS) is 21.5. The van der Waals surface area contributed by atoms with Gasteiger partial charge in [-0.3, -0.25) is 9.69 Å². The van der Waals surface area contributed by atoms with Gasteiger partial charge >= 0.3 is 0 Å². The molecule has 9 heteroatoms. The first-order chi connectivity index (χ1) is 14.9. The molecule has 166 valence electrons. The number of hydrogen-bond acceptors (Lipinski definition) is 5. The van der Waals surface area contributed by atoms with E-state index >= 15 is 0 Å². The highest BCUT2D eigenvalue weighted by Crippen LogP contribution is 2.35. The molecule has 0 radical (unpaired) electrons. The quantitative estimate of drug-likeness (QED) is 0.677. The molecule has 2 saturated heterocycles. The Morgan fingerprint density at radius 2 is 1.94 bits per heavy atom. The molecule has 1 amide bonds. The van der Waals surface area contributed by atoms with E-state index in [1.54, 1.807) is 29.2 Å². The molecule has 0 aromatic heterocycles. The number of rotatable bonds is 4. The van der Waals surface area contributed by atoms with Gasteiger partial charge in [0.2, 0.25) is 0 Å². The van der Waals surface area contributed by atoms with E-state index in [2.05, 4.69) is 4.90 Å². The van der Waals surface area contributed by atoms with E-state index in [1.807, 2.05) is 0 Å². The van der Waals surface area contributed by atoms with Crippen molar-refractivity contribution in [3.8, 4) is 11.5 Å². The van der Waals surface area contributed by atoms with Crippen molar-refractivity contribution in [2.24, 2.45) is 0 Å². The summed E-state index contributed by atoms with van der Waals surface area (Å²) in [6.07, 6.45) is -0.186. The van der Waals surface area contributed by atoms with E-state index in [9.17, 15) is 9.18 Å². The first kappa shape index (κ1) is 22.1. The summed E-state index contributed by atoms with van der Waals surface area (Å²) < 4.78 is 30.1. The third kappa shape index (κ3) is 4.46. The Morgan fingerprint density at radius 1 is 1.13 bits per heavy atom. The number of benzene rings is 2. The highest BCUT2D eigenvalue weighted by molar-refractivity contribution is 6.35. The molecule has 0 aliphatic carbocycles. The molecule has 0 spiro atoms. The van der Waals surface area contributed by atoms with Gasteiger partial charge in [0.1, 0.15) is 17.3 Å². The van der Waals surface area contributed by atoms with Crippen LogP contribution in [0.3, 0.4) is 0 Å². The molecular weight excluding hydrogens is 446 g/mol. The minimum Gasteiger partial charge on any atom is -0.497 e. The maximum atomic E-state index is 13.5. The van der Waals surface area contributed by atoms with Crippen LogP contribution in [0.5, 0.6) is 11.5 Å². The lowest BCUT2D eigenvalue weighted by Crippen LogP contribution is -2.59. The smallest absolute Gasteiger partial charge is 0.255 e. The van der Waals surface area contributed by atoms with Crippen molar-refractivity contribution in [1.29, 1.82) is 0 Å². The van der Waals surface area contributed by atoms with E-state index in [1.165, 1.54) is 20.3 Å².